The van der Waals surface area contributed by atoms with Crippen LogP contribution in [0.15, 0.2) is 84.6 Å². The van der Waals surface area contributed by atoms with E-state index < -0.39 is 17.4 Å². The van der Waals surface area contributed by atoms with Crippen LogP contribution in [0, 0.1) is 5.92 Å². The summed E-state index contributed by atoms with van der Waals surface area (Å²) in [5.74, 6) is -1.16. The minimum atomic E-state index is -1.84. The van der Waals surface area contributed by atoms with Gasteiger partial charge in [0.15, 0.2) is 5.60 Å². The van der Waals surface area contributed by atoms with Gasteiger partial charge in [0.2, 0.25) is 5.91 Å². The number of aliphatic hydroxyl groups is 2. The highest BCUT2D eigenvalue weighted by Gasteiger charge is 2.52. The molecule has 10 heteroatoms. The molecule has 0 saturated carbocycles. The Morgan fingerprint density at radius 1 is 1.15 bits per heavy atom. The molecule has 0 spiro atoms. The number of carbonyl (C=O) groups excluding carboxylic acids is 2. The van der Waals surface area contributed by atoms with E-state index in [0.29, 0.717) is 49.2 Å². The smallest absolute Gasteiger partial charge is 0.264 e. The molecule has 10 nitrogen and oxygen atoms in total. The molecule has 2 aromatic carbocycles. The van der Waals surface area contributed by atoms with Gasteiger partial charge in [-0.1, -0.05) is 60.7 Å². The summed E-state index contributed by atoms with van der Waals surface area (Å²) in [6.07, 6.45) is 9.06. The largest absolute Gasteiger partial charge is 0.396 e. The molecule has 0 radical (unpaired) electrons. The molecule has 0 fully saturated rings. The first-order valence-corrected chi connectivity index (χ1v) is 13.8. The number of amides is 2. The number of benzene rings is 2. The van der Waals surface area contributed by atoms with E-state index in [9.17, 15) is 14.7 Å². The molecule has 2 amide bonds. The Morgan fingerprint density at radius 2 is 1.95 bits per heavy atom. The molecule has 41 heavy (non-hydrogen) atoms. The number of aromatic nitrogens is 3. The Balaban J connectivity index is 1.42. The van der Waals surface area contributed by atoms with Crippen LogP contribution >= 0.6 is 0 Å². The van der Waals surface area contributed by atoms with Crippen LogP contribution in [0.3, 0.4) is 0 Å². The summed E-state index contributed by atoms with van der Waals surface area (Å²) >= 11 is 0. The summed E-state index contributed by atoms with van der Waals surface area (Å²) in [6.45, 7) is 6.40. The number of hydrazone groups is 1. The van der Waals surface area contributed by atoms with Crippen molar-refractivity contribution in [1.82, 2.24) is 15.0 Å². The fourth-order valence-electron chi connectivity index (χ4n) is 5.29. The third kappa shape index (κ3) is 5.48. The molecule has 0 aliphatic carbocycles. The minimum absolute atomic E-state index is 0.0151. The first kappa shape index (κ1) is 28.1. The molecule has 2 atom stereocenters. The predicted octanol–water partition coefficient (Wildman–Crippen LogP) is 3.35. The van der Waals surface area contributed by atoms with Gasteiger partial charge in [0.1, 0.15) is 0 Å². The second-order valence-corrected chi connectivity index (χ2v) is 10.2. The maximum Gasteiger partial charge on any atom is 0.264 e. The molecule has 212 valence electrons. The predicted molar refractivity (Wildman–Crippen MR) is 156 cm³/mol. The molecule has 3 aromatic rings. The van der Waals surface area contributed by atoms with E-state index in [1.165, 1.54) is 9.91 Å². The van der Waals surface area contributed by atoms with Gasteiger partial charge in [-0.05, 0) is 30.2 Å². The average Bonchev–Trinajstić information content (AvgIpc) is 3.53. The molecule has 2 N–H and O–H groups in total. The van der Waals surface area contributed by atoms with Crippen molar-refractivity contribution in [2.75, 3.05) is 23.1 Å². The van der Waals surface area contributed by atoms with Crippen molar-refractivity contribution in [2.24, 2.45) is 11.0 Å². The summed E-state index contributed by atoms with van der Waals surface area (Å²) in [5.41, 5.74) is 2.14. The van der Waals surface area contributed by atoms with E-state index in [4.69, 9.17) is 5.11 Å². The number of nitrogens with zero attached hydrogens (tertiary/aromatic N) is 6. The van der Waals surface area contributed by atoms with Gasteiger partial charge in [0.05, 0.1) is 22.8 Å². The van der Waals surface area contributed by atoms with Gasteiger partial charge in [-0.3, -0.25) is 14.3 Å². The normalized spacial score (nSPS) is 19.5. The fourth-order valence-corrected chi connectivity index (χ4v) is 5.29. The van der Waals surface area contributed by atoms with Crippen LogP contribution in [-0.4, -0.2) is 55.9 Å². The standard InChI is InChI=1S/C31H34N6O4/c1-3-17-36-28-14-12-25(37-29(39)15-13-27(33-37)23-10-5-4-6-11-23)20-26(28)31(41,30(36)40)22(2)9-7-8-18-35-21-24(16-19-38)32-34-35/h3-7,9-12,14,20-22,38,41H,1,8,13,15-19H2,2H3/b9-7+/t22-,31+/m1/s1. The summed E-state index contributed by atoms with van der Waals surface area (Å²) in [6, 6.07) is 14.9. The maximum absolute atomic E-state index is 13.7. The molecular weight excluding hydrogens is 520 g/mol. The number of hydrogen-bond acceptors (Lipinski definition) is 7. The number of fused-ring (bicyclic) bond motifs is 1. The summed E-state index contributed by atoms with van der Waals surface area (Å²) in [4.78, 5) is 28.1. The van der Waals surface area contributed by atoms with E-state index >= 15 is 0 Å². The fraction of sp³-hybridized carbons (Fsp3) is 0.323. The van der Waals surface area contributed by atoms with Gasteiger partial charge in [0, 0.05) is 56.6 Å². The van der Waals surface area contributed by atoms with E-state index in [0.717, 1.165) is 17.0 Å². The molecule has 0 bridgehead atoms. The molecular formula is C31H34N6O4. The third-order valence-electron chi connectivity index (χ3n) is 7.51. The van der Waals surface area contributed by atoms with Crippen molar-refractivity contribution in [1.29, 1.82) is 0 Å². The van der Waals surface area contributed by atoms with E-state index in [1.807, 2.05) is 42.5 Å². The number of aryl methyl sites for hydroxylation is 1. The molecule has 5 rings (SSSR count). The van der Waals surface area contributed by atoms with Crippen molar-refractivity contribution in [3.63, 3.8) is 0 Å². The van der Waals surface area contributed by atoms with Crippen LogP contribution in [0.25, 0.3) is 0 Å². The van der Waals surface area contributed by atoms with Crippen molar-refractivity contribution in [3.8, 4) is 0 Å². The first-order valence-electron chi connectivity index (χ1n) is 13.8. The van der Waals surface area contributed by atoms with E-state index in [1.54, 1.807) is 42.1 Å². The third-order valence-corrected chi connectivity index (χ3v) is 7.51. The van der Waals surface area contributed by atoms with Crippen molar-refractivity contribution in [3.05, 3.63) is 96.4 Å². The van der Waals surface area contributed by atoms with Crippen molar-refractivity contribution in [2.45, 2.75) is 44.8 Å². The lowest BCUT2D eigenvalue weighted by Crippen LogP contribution is -2.44. The van der Waals surface area contributed by atoms with Gasteiger partial charge in [-0.15, -0.1) is 11.7 Å². The quantitative estimate of drug-likeness (QED) is 0.351. The number of anilines is 2. The highest BCUT2D eigenvalue weighted by atomic mass is 16.3. The van der Waals surface area contributed by atoms with E-state index in [-0.39, 0.29) is 19.1 Å². The topological polar surface area (TPSA) is 124 Å². The Morgan fingerprint density at radius 3 is 2.71 bits per heavy atom. The van der Waals surface area contributed by atoms with Gasteiger partial charge >= 0.3 is 0 Å². The second-order valence-electron chi connectivity index (χ2n) is 10.2. The molecule has 0 unspecified atom stereocenters. The van der Waals surface area contributed by atoms with Gasteiger partial charge in [-0.2, -0.15) is 5.10 Å². The van der Waals surface area contributed by atoms with Crippen LogP contribution in [0.1, 0.15) is 43.0 Å². The van der Waals surface area contributed by atoms with Crippen LogP contribution in [0.2, 0.25) is 0 Å². The van der Waals surface area contributed by atoms with Gasteiger partial charge < -0.3 is 15.1 Å². The number of carbonyl (C=O) groups is 2. The second kappa shape index (κ2) is 12.0. The van der Waals surface area contributed by atoms with Gasteiger partial charge in [-0.25, -0.2) is 5.01 Å². The monoisotopic (exact) mass is 554 g/mol. The number of hydrogen-bond donors (Lipinski definition) is 2. The summed E-state index contributed by atoms with van der Waals surface area (Å²) in [7, 11) is 0. The molecule has 0 saturated heterocycles. The van der Waals surface area contributed by atoms with Crippen molar-refractivity contribution < 1.29 is 19.8 Å². The van der Waals surface area contributed by atoms with Crippen LogP contribution in [0.5, 0.6) is 0 Å². The summed E-state index contributed by atoms with van der Waals surface area (Å²) in [5, 5.41) is 35.2. The number of allylic oxidation sites excluding steroid dienone is 1. The van der Waals surface area contributed by atoms with Crippen LogP contribution < -0.4 is 9.91 Å². The lowest BCUT2D eigenvalue weighted by atomic mass is 9.82. The van der Waals surface area contributed by atoms with Gasteiger partial charge in [0.25, 0.3) is 5.91 Å². The Bertz CT molecular complexity index is 1500. The van der Waals surface area contributed by atoms with Crippen LogP contribution in [-0.2, 0) is 28.2 Å². The van der Waals surface area contributed by atoms with E-state index in [2.05, 4.69) is 22.0 Å². The Kier molecular flexibility index (Phi) is 8.23. The zero-order valence-corrected chi connectivity index (χ0v) is 23.1. The zero-order valence-electron chi connectivity index (χ0n) is 23.1. The maximum atomic E-state index is 13.7. The average molecular weight is 555 g/mol. The Hall–Kier alpha value is -4.41. The lowest BCUT2D eigenvalue weighted by molar-refractivity contribution is -0.139. The molecule has 3 heterocycles. The first-order chi connectivity index (χ1) is 19.9. The number of aliphatic hydroxyl groups excluding tert-OH is 1. The molecule has 1 aromatic heterocycles. The highest BCUT2D eigenvalue weighted by molar-refractivity contribution is 6.10. The molecule has 2 aliphatic heterocycles. The highest BCUT2D eigenvalue weighted by Crippen LogP contribution is 2.46. The van der Waals surface area contributed by atoms with Crippen molar-refractivity contribution >= 4 is 28.9 Å². The van der Waals surface area contributed by atoms with Crippen LogP contribution in [0.4, 0.5) is 11.4 Å². The summed E-state index contributed by atoms with van der Waals surface area (Å²) < 4.78 is 1.70. The zero-order chi connectivity index (χ0) is 29.0. The SMILES string of the molecule is C=CCN1C(=O)[C@](O)([C@H](C)/C=C/CCn2cc(CCO)nn2)c2cc(N3N=C(c4ccccc4)CCC3=O)ccc21. The minimum Gasteiger partial charge on any atom is -0.396 e. The molecule has 2 aliphatic rings. The lowest BCUT2D eigenvalue weighted by Gasteiger charge is -2.28. The Labute approximate surface area is 238 Å². The number of rotatable bonds is 11.